The third-order valence-electron chi connectivity index (χ3n) is 6.43. The van der Waals surface area contributed by atoms with Crippen molar-refractivity contribution in [1.82, 2.24) is 10.6 Å². The van der Waals surface area contributed by atoms with Crippen molar-refractivity contribution in [3.05, 3.63) is 59.7 Å². The topological polar surface area (TPSA) is 105 Å². The molecule has 168 valence electrons. The molecule has 32 heavy (non-hydrogen) atoms. The third-order valence-corrected chi connectivity index (χ3v) is 6.43. The van der Waals surface area contributed by atoms with E-state index in [1.807, 2.05) is 24.3 Å². The summed E-state index contributed by atoms with van der Waals surface area (Å²) in [5, 5.41) is 14.3. The van der Waals surface area contributed by atoms with E-state index >= 15 is 0 Å². The lowest BCUT2D eigenvalue weighted by atomic mass is 9.96. The quantitative estimate of drug-likeness (QED) is 0.546. The average Bonchev–Trinajstić information content (AvgIpc) is 3.39. The summed E-state index contributed by atoms with van der Waals surface area (Å²) in [6, 6.07) is 16.3. The molecule has 2 aliphatic rings. The van der Waals surface area contributed by atoms with Crippen molar-refractivity contribution >= 4 is 18.0 Å². The number of fused-ring (bicyclic) bond motifs is 3. The summed E-state index contributed by atoms with van der Waals surface area (Å²) in [4.78, 5) is 36.2. The van der Waals surface area contributed by atoms with Gasteiger partial charge in [-0.25, -0.2) is 4.79 Å². The van der Waals surface area contributed by atoms with Gasteiger partial charge in [-0.15, -0.1) is 0 Å². The maximum Gasteiger partial charge on any atom is 0.408 e. The number of alkyl carbamates (subject to hydrolysis) is 1. The van der Waals surface area contributed by atoms with E-state index in [1.165, 1.54) is 0 Å². The monoisotopic (exact) mass is 436 g/mol. The van der Waals surface area contributed by atoms with E-state index in [0.717, 1.165) is 35.1 Å². The second kappa shape index (κ2) is 9.42. The molecule has 2 aromatic rings. The molecule has 7 nitrogen and oxygen atoms in total. The smallest absolute Gasteiger partial charge is 0.408 e. The van der Waals surface area contributed by atoms with Crippen LogP contribution in [0.3, 0.4) is 0 Å². The van der Waals surface area contributed by atoms with Gasteiger partial charge < -0.3 is 20.5 Å². The zero-order chi connectivity index (χ0) is 22.6. The van der Waals surface area contributed by atoms with E-state index in [1.54, 1.807) is 0 Å². The Morgan fingerprint density at radius 1 is 0.969 bits per heavy atom. The fraction of sp³-hybridized carbons (Fsp3) is 0.400. The Kier molecular flexibility index (Phi) is 6.44. The molecule has 1 saturated carbocycles. The lowest BCUT2D eigenvalue weighted by Gasteiger charge is -2.29. The van der Waals surface area contributed by atoms with E-state index in [2.05, 4.69) is 34.9 Å². The summed E-state index contributed by atoms with van der Waals surface area (Å²) in [6.07, 6.45) is 2.51. The van der Waals surface area contributed by atoms with Crippen molar-refractivity contribution < 1.29 is 24.2 Å². The minimum absolute atomic E-state index is 0.00686. The summed E-state index contributed by atoms with van der Waals surface area (Å²) in [5.74, 6) is -1.21. The first-order valence-corrected chi connectivity index (χ1v) is 11.1. The van der Waals surface area contributed by atoms with Gasteiger partial charge in [-0.3, -0.25) is 9.59 Å². The lowest BCUT2D eigenvalue weighted by molar-refractivity contribution is -0.137. The second-order valence-electron chi connectivity index (χ2n) is 8.49. The van der Waals surface area contributed by atoms with E-state index in [4.69, 9.17) is 9.84 Å². The predicted molar refractivity (Wildman–Crippen MR) is 119 cm³/mol. The van der Waals surface area contributed by atoms with Gasteiger partial charge in [0.05, 0.1) is 0 Å². The van der Waals surface area contributed by atoms with Crippen LogP contribution in [-0.2, 0) is 14.3 Å². The number of hydrogen-bond acceptors (Lipinski definition) is 4. The van der Waals surface area contributed by atoms with Crippen LogP contribution < -0.4 is 10.6 Å². The molecular formula is C25H28N2O5. The van der Waals surface area contributed by atoms with E-state index in [0.29, 0.717) is 19.3 Å². The second-order valence-corrected chi connectivity index (χ2v) is 8.49. The van der Waals surface area contributed by atoms with Crippen molar-refractivity contribution in [2.45, 2.75) is 50.0 Å². The normalized spacial score (nSPS) is 16.1. The Labute approximate surface area is 187 Å². The number of nitrogens with one attached hydrogen (secondary N) is 2. The first-order valence-electron chi connectivity index (χ1n) is 11.1. The number of hydrogen-bond donors (Lipinski definition) is 3. The number of amides is 2. The first-order chi connectivity index (χ1) is 15.5. The number of carbonyl (C=O) groups is 3. The average molecular weight is 437 g/mol. The molecule has 2 aromatic carbocycles. The largest absolute Gasteiger partial charge is 0.481 e. The van der Waals surface area contributed by atoms with E-state index in [9.17, 15) is 14.4 Å². The number of carbonyl (C=O) groups excluding carboxylic acids is 2. The van der Waals surface area contributed by atoms with E-state index < -0.39 is 17.6 Å². The van der Waals surface area contributed by atoms with Crippen molar-refractivity contribution in [3.63, 3.8) is 0 Å². The van der Waals surface area contributed by atoms with Crippen LogP contribution in [0, 0.1) is 0 Å². The highest BCUT2D eigenvalue weighted by molar-refractivity contribution is 5.90. The highest BCUT2D eigenvalue weighted by Gasteiger charge is 2.43. The van der Waals surface area contributed by atoms with Gasteiger partial charge in [-0.2, -0.15) is 0 Å². The Morgan fingerprint density at radius 3 is 2.16 bits per heavy atom. The Balaban J connectivity index is 1.38. The molecule has 0 bridgehead atoms. The van der Waals surface area contributed by atoms with Gasteiger partial charge in [-0.1, -0.05) is 61.4 Å². The fourth-order valence-corrected chi connectivity index (χ4v) is 4.83. The van der Waals surface area contributed by atoms with Gasteiger partial charge in [0.2, 0.25) is 5.91 Å². The molecule has 0 atom stereocenters. The fourth-order valence-electron chi connectivity index (χ4n) is 4.83. The van der Waals surface area contributed by atoms with Crippen LogP contribution in [0.4, 0.5) is 4.79 Å². The Morgan fingerprint density at radius 2 is 1.56 bits per heavy atom. The molecule has 3 N–H and O–H groups in total. The minimum Gasteiger partial charge on any atom is -0.481 e. The lowest BCUT2D eigenvalue weighted by Crippen LogP contribution is -2.57. The first kappa shape index (κ1) is 21.9. The molecule has 0 radical (unpaired) electrons. The molecule has 2 amide bonds. The van der Waals surface area contributed by atoms with Crippen LogP contribution in [0.1, 0.15) is 55.6 Å². The van der Waals surface area contributed by atoms with Crippen LogP contribution in [0.25, 0.3) is 11.1 Å². The highest BCUT2D eigenvalue weighted by Crippen LogP contribution is 2.44. The number of carboxylic acids is 1. The summed E-state index contributed by atoms with van der Waals surface area (Å²) in [7, 11) is 0. The SMILES string of the molecule is O=C(O)CCCNC(=O)C1(NC(=O)OCC2c3ccccc3-c3ccccc32)CCCC1. The summed E-state index contributed by atoms with van der Waals surface area (Å²) in [6.45, 7) is 0.454. The molecular weight excluding hydrogens is 408 g/mol. The maximum absolute atomic E-state index is 12.8. The summed E-state index contributed by atoms with van der Waals surface area (Å²) < 4.78 is 5.63. The number of benzene rings is 2. The van der Waals surface area contributed by atoms with Crippen LogP contribution >= 0.6 is 0 Å². The molecule has 2 aliphatic carbocycles. The van der Waals surface area contributed by atoms with Gasteiger partial charge in [-0.05, 0) is 41.5 Å². The molecule has 0 heterocycles. The number of aliphatic carboxylic acids is 1. The molecule has 0 spiro atoms. The highest BCUT2D eigenvalue weighted by atomic mass is 16.5. The van der Waals surface area contributed by atoms with Crippen LogP contribution in [0.15, 0.2) is 48.5 Å². The van der Waals surface area contributed by atoms with Crippen LogP contribution in [-0.4, -0.2) is 41.8 Å². The van der Waals surface area contributed by atoms with Gasteiger partial charge >= 0.3 is 12.1 Å². The molecule has 7 heteroatoms. The van der Waals surface area contributed by atoms with Crippen molar-refractivity contribution in [2.24, 2.45) is 0 Å². The van der Waals surface area contributed by atoms with Gasteiger partial charge in [0.15, 0.2) is 0 Å². The molecule has 0 unspecified atom stereocenters. The predicted octanol–water partition coefficient (Wildman–Crippen LogP) is 3.82. The molecule has 4 rings (SSSR count). The molecule has 0 aromatic heterocycles. The number of rotatable bonds is 8. The van der Waals surface area contributed by atoms with Gasteiger partial charge in [0, 0.05) is 18.9 Å². The van der Waals surface area contributed by atoms with Crippen molar-refractivity contribution in [1.29, 1.82) is 0 Å². The molecule has 0 saturated heterocycles. The Bertz CT molecular complexity index is 967. The van der Waals surface area contributed by atoms with Crippen LogP contribution in [0.2, 0.25) is 0 Å². The summed E-state index contributed by atoms with van der Waals surface area (Å²) in [5.41, 5.74) is 3.59. The van der Waals surface area contributed by atoms with Gasteiger partial charge in [0.25, 0.3) is 0 Å². The number of ether oxygens (including phenoxy) is 1. The van der Waals surface area contributed by atoms with Crippen molar-refractivity contribution in [2.75, 3.05) is 13.2 Å². The van der Waals surface area contributed by atoms with E-state index in [-0.39, 0.29) is 31.4 Å². The van der Waals surface area contributed by atoms with Gasteiger partial charge in [0.1, 0.15) is 12.1 Å². The zero-order valence-corrected chi connectivity index (χ0v) is 17.9. The van der Waals surface area contributed by atoms with Crippen LogP contribution in [0.5, 0.6) is 0 Å². The minimum atomic E-state index is -0.994. The zero-order valence-electron chi connectivity index (χ0n) is 17.9. The number of carboxylic acid groups (broad SMARTS) is 1. The van der Waals surface area contributed by atoms with Crippen molar-refractivity contribution in [3.8, 4) is 11.1 Å². The standard InChI is InChI=1S/C25H28N2O5/c28-22(29)12-7-15-26-23(30)25(13-5-6-14-25)27-24(31)32-16-21-19-10-3-1-8-17(19)18-9-2-4-11-20(18)21/h1-4,8-11,21H,5-7,12-16H2,(H,26,30)(H,27,31)(H,28,29). The Hall–Kier alpha value is -3.35. The molecule has 1 fully saturated rings. The third kappa shape index (κ3) is 4.47. The molecule has 0 aliphatic heterocycles. The maximum atomic E-state index is 12.8. The summed E-state index contributed by atoms with van der Waals surface area (Å²) >= 11 is 0.